The summed E-state index contributed by atoms with van der Waals surface area (Å²) in [6.45, 7) is 6.87. The van der Waals surface area contributed by atoms with E-state index in [1.54, 1.807) is 0 Å². The maximum Gasteiger partial charge on any atom is 0.300 e. The number of anilines is 3. The first-order chi connectivity index (χ1) is 18.0. The van der Waals surface area contributed by atoms with E-state index in [4.69, 9.17) is 19.6 Å². The number of ether oxygens (including phenoxy) is 2. The van der Waals surface area contributed by atoms with Gasteiger partial charge in [0.2, 0.25) is 0 Å². The number of nitrogens with one attached hydrogen (secondary N) is 1. The van der Waals surface area contributed by atoms with Crippen LogP contribution in [0.5, 0.6) is 5.75 Å². The third-order valence-electron chi connectivity index (χ3n) is 6.60. The molecule has 0 unspecified atom stereocenters. The molecular weight excluding hydrogens is 470 g/mol. The second-order valence-corrected chi connectivity index (χ2v) is 9.25. The minimum atomic E-state index is 0.411. The quantitative estimate of drug-likeness (QED) is 0.341. The lowest BCUT2D eigenvalue weighted by Crippen LogP contribution is -2.38. The first-order valence-electron chi connectivity index (χ1n) is 12.3. The van der Waals surface area contributed by atoms with Crippen LogP contribution >= 0.6 is 0 Å². The normalized spacial score (nSPS) is 14.4. The minimum absolute atomic E-state index is 0.411. The lowest BCUT2D eigenvalue weighted by Gasteiger charge is -2.26. The molecule has 2 aromatic carbocycles. The summed E-state index contributed by atoms with van der Waals surface area (Å²) in [5.74, 6) is 1.17. The third-order valence-corrected chi connectivity index (χ3v) is 6.60. The van der Waals surface area contributed by atoms with Crippen molar-refractivity contribution in [1.29, 1.82) is 0 Å². The Labute approximate surface area is 214 Å². The van der Waals surface area contributed by atoms with Crippen LogP contribution in [0.15, 0.2) is 53.3 Å². The van der Waals surface area contributed by atoms with Crippen LogP contribution in [0.1, 0.15) is 5.56 Å². The number of rotatable bonds is 7. The maximum absolute atomic E-state index is 6.15. The molecule has 0 radical (unpaired) electrons. The van der Waals surface area contributed by atoms with Gasteiger partial charge in [-0.15, -0.1) is 0 Å². The number of nitrogens with zero attached hydrogens (tertiary/aromatic N) is 5. The number of nitrogen functional groups attached to an aromatic ring is 1. The van der Waals surface area contributed by atoms with Crippen LogP contribution < -0.4 is 15.8 Å². The summed E-state index contributed by atoms with van der Waals surface area (Å²) in [6, 6.07) is 12.4. The molecule has 1 fully saturated rings. The van der Waals surface area contributed by atoms with E-state index in [0.29, 0.717) is 29.8 Å². The Bertz CT molecular complexity index is 1550. The zero-order chi connectivity index (χ0) is 25.4. The van der Waals surface area contributed by atoms with Gasteiger partial charge in [0, 0.05) is 44.1 Å². The van der Waals surface area contributed by atoms with Crippen molar-refractivity contribution in [2.75, 3.05) is 50.5 Å². The Morgan fingerprint density at radius 3 is 2.73 bits per heavy atom. The van der Waals surface area contributed by atoms with Crippen LogP contribution in [0, 0.1) is 6.92 Å². The fourth-order valence-electron chi connectivity index (χ4n) is 4.72. The van der Waals surface area contributed by atoms with E-state index >= 15 is 0 Å². The molecule has 0 spiro atoms. The number of aromatic nitrogens is 4. The van der Waals surface area contributed by atoms with E-state index in [-0.39, 0.29) is 0 Å². The first kappa shape index (κ1) is 23.3. The predicted octanol–water partition coefficient (Wildman–Crippen LogP) is 4.12. The van der Waals surface area contributed by atoms with Crippen molar-refractivity contribution in [3.8, 4) is 16.9 Å². The highest BCUT2D eigenvalue weighted by molar-refractivity contribution is 6.00. The second kappa shape index (κ2) is 9.72. The molecule has 0 aliphatic carbocycles. The van der Waals surface area contributed by atoms with Crippen LogP contribution in [0.2, 0.25) is 0 Å². The van der Waals surface area contributed by atoms with E-state index in [1.165, 1.54) is 6.33 Å². The fraction of sp³-hybridized carbons (Fsp3) is 0.296. The highest BCUT2D eigenvalue weighted by Gasteiger charge is 2.16. The minimum Gasteiger partial charge on any atom is -0.488 e. The van der Waals surface area contributed by atoms with Crippen molar-refractivity contribution in [3.05, 3.63) is 54.5 Å². The monoisotopic (exact) mass is 499 g/mol. The summed E-state index contributed by atoms with van der Waals surface area (Å²) < 4.78 is 19.6. The smallest absolute Gasteiger partial charge is 0.300 e. The number of hydrogen-bond acceptors (Lipinski definition) is 9. The number of hydrogen-bond donors (Lipinski definition) is 2. The lowest BCUT2D eigenvalue weighted by atomic mass is 10.1. The third kappa shape index (κ3) is 4.68. The van der Waals surface area contributed by atoms with Gasteiger partial charge in [-0.1, -0.05) is 12.1 Å². The van der Waals surface area contributed by atoms with E-state index in [1.807, 2.05) is 61.1 Å². The van der Waals surface area contributed by atoms with Gasteiger partial charge in [-0.2, -0.15) is 4.98 Å². The standard InChI is InChI=1S/C27H29N7O3/c1-17-13-21-24(22(14-17)36-12-9-34-7-10-35-11-8-34)37-27(32-21)31-19-5-3-18(4-6-19)20-15-33(2)26-23(20)25(28)29-16-30-26/h3-6,13-16H,7-12H2,1-2H3,(H,31,32)(H2,28,29,30). The number of nitrogens with two attached hydrogens (primary N) is 1. The molecule has 4 heterocycles. The van der Waals surface area contributed by atoms with E-state index in [2.05, 4.69) is 25.2 Å². The Morgan fingerprint density at radius 1 is 1.11 bits per heavy atom. The fourth-order valence-corrected chi connectivity index (χ4v) is 4.72. The van der Waals surface area contributed by atoms with E-state index in [0.717, 1.165) is 71.8 Å². The van der Waals surface area contributed by atoms with Gasteiger partial charge < -0.3 is 29.5 Å². The van der Waals surface area contributed by atoms with Crippen LogP contribution in [0.3, 0.4) is 0 Å². The second-order valence-electron chi connectivity index (χ2n) is 9.25. The number of morpholine rings is 1. The molecule has 10 heteroatoms. The molecule has 37 heavy (non-hydrogen) atoms. The van der Waals surface area contributed by atoms with Crippen molar-refractivity contribution < 1.29 is 13.9 Å². The average molecular weight is 500 g/mol. The summed E-state index contributed by atoms with van der Waals surface area (Å²) in [6.07, 6.45) is 3.50. The zero-order valence-corrected chi connectivity index (χ0v) is 20.9. The van der Waals surface area contributed by atoms with Gasteiger partial charge in [-0.05, 0) is 42.3 Å². The van der Waals surface area contributed by atoms with Gasteiger partial charge in [0.1, 0.15) is 29.9 Å². The summed E-state index contributed by atoms with van der Waals surface area (Å²) in [7, 11) is 1.95. The zero-order valence-electron chi connectivity index (χ0n) is 20.9. The molecule has 1 saturated heterocycles. The number of oxazole rings is 1. The van der Waals surface area contributed by atoms with Gasteiger partial charge in [0.25, 0.3) is 6.01 Å². The van der Waals surface area contributed by atoms with Gasteiger partial charge in [0.15, 0.2) is 11.3 Å². The van der Waals surface area contributed by atoms with Crippen molar-refractivity contribution >= 4 is 39.7 Å². The Morgan fingerprint density at radius 2 is 1.92 bits per heavy atom. The largest absolute Gasteiger partial charge is 0.488 e. The molecule has 10 nitrogen and oxygen atoms in total. The Kier molecular flexibility index (Phi) is 6.11. The number of aryl methyl sites for hydroxylation is 2. The molecule has 0 atom stereocenters. The van der Waals surface area contributed by atoms with Gasteiger partial charge in [0.05, 0.1) is 18.6 Å². The molecule has 1 aliphatic rings. The van der Waals surface area contributed by atoms with Crippen molar-refractivity contribution in [2.45, 2.75) is 6.92 Å². The molecule has 3 aromatic heterocycles. The summed E-state index contributed by atoms with van der Waals surface area (Å²) in [5, 5.41) is 4.12. The van der Waals surface area contributed by atoms with Crippen molar-refractivity contribution in [1.82, 2.24) is 24.4 Å². The summed E-state index contributed by atoms with van der Waals surface area (Å²) in [5.41, 5.74) is 12.3. The maximum atomic E-state index is 6.15. The molecule has 1 aliphatic heterocycles. The topological polar surface area (TPSA) is 116 Å². The Hall–Kier alpha value is -4.15. The van der Waals surface area contributed by atoms with Crippen LogP contribution in [0.4, 0.5) is 17.5 Å². The number of benzene rings is 2. The van der Waals surface area contributed by atoms with Crippen LogP contribution in [0.25, 0.3) is 33.3 Å². The average Bonchev–Trinajstić information content (AvgIpc) is 3.46. The van der Waals surface area contributed by atoms with Crippen molar-refractivity contribution in [3.63, 3.8) is 0 Å². The molecule has 6 rings (SSSR count). The lowest BCUT2D eigenvalue weighted by molar-refractivity contribution is 0.0323. The molecule has 0 saturated carbocycles. The van der Waals surface area contributed by atoms with Crippen molar-refractivity contribution in [2.24, 2.45) is 7.05 Å². The van der Waals surface area contributed by atoms with Gasteiger partial charge in [-0.25, -0.2) is 9.97 Å². The molecule has 5 aromatic rings. The SMILES string of the molecule is Cc1cc(OCCN2CCOCC2)c2oc(Nc3ccc(-c4cn(C)c5ncnc(N)c45)cc3)nc2c1. The number of fused-ring (bicyclic) bond motifs is 2. The highest BCUT2D eigenvalue weighted by atomic mass is 16.5. The summed E-state index contributed by atoms with van der Waals surface area (Å²) in [4.78, 5) is 15.5. The van der Waals surface area contributed by atoms with E-state index in [9.17, 15) is 0 Å². The molecule has 3 N–H and O–H groups in total. The highest BCUT2D eigenvalue weighted by Crippen LogP contribution is 2.34. The predicted molar refractivity (Wildman–Crippen MR) is 143 cm³/mol. The van der Waals surface area contributed by atoms with Gasteiger partial charge in [-0.3, -0.25) is 4.90 Å². The Balaban J connectivity index is 1.20. The van der Waals surface area contributed by atoms with E-state index < -0.39 is 0 Å². The molecule has 0 bridgehead atoms. The molecule has 0 amide bonds. The molecule has 190 valence electrons. The van der Waals surface area contributed by atoms with Crippen LogP contribution in [-0.2, 0) is 11.8 Å². The molecular formula is C27H29N7O3. The van der Waals surface area contributed by atoms with Crippen LogP contribution in [-0.4, -0.2) is 63.9 Å². The summed E-state index contributed by atoms with van der Waals surface area (Å²) >= 11 is 0. The first-order valence-corrected chi connectivity index (χ1v) is 12.3. The van der Waals surface area contributed by atoms with Gasteiger partial charge >= 0.3 is 0 Å².